The first-order valence-corrected chi connectivity index (χ1v) is 5.89. The van der Waals surface area contributed by atoms with Gasteiger partial charge in [0.25, 0.3) is 0 Å². The number of nitrogen functional groups attached to an aromatic ring is 1. The third kappa shape index (κ3) is 3.61. The minimum Gasteiger partial charge on any atom is -0.493 e. The fourth-order valence-corrected chi connectivity index (χ4v) is 1.52. The van der Waals surface area contributed by atoms with Crippen molar-refractivity contribution in [2.75, 3.05) is 33.2 Å². The summed E-state index contributed by atoms with van der Waals surface area (Å²) < 4.78 is 14.6. The molecular formula is C13H17NO6. The van der Waals surface area contributed by atoms with Gasteiger partial charge in [0.1, 0.15) is 11.3 Å². The van der Waals surface area contributed by atoms with Crippen molar-refractivity contribution in [2.24, 2.45) is 0 Å². The van der Waals surface area contributed by atoms with Crippen LogP contribution in [0.2, 0.25) is 0 Å². The van der Waals surface area contributed by atoms with Crippen LogP contribution in [0.4, 0.5) is 5.69 Å². The molecule has 1 aromatic rings. The standard InChI is InChI=1S/C13H17NO6/c1-18-12(16)8-7-11(20-5-3-4-15)9(6-10(8)14)13(17)19-2/h6-7,15H,3-5,14H2,1-2H3. The van der Waals surface area contributed by atoms with Gasteiger partial charge >= 0.3 is 11.9 Å². The summed E-state index contributed by atoms with van der Waals surface area (Å²) in [7, 11) is 2.45. The highest BCUT2D eigenvalue weighted by molar-refractivity contribution is 6.00. The third-order valence-electron chi connectivity index (χ3n) is 2.52. The third-order valence-corrected chi connectivity index (χ3v) is 2.52. The van der Waals surface area contributed by atoms with Crippen LogP contribution in [0.15, 0.2) is 12.1 Å². The van der Waals surface area contributed by atoms with Gasteiger partial charge in [0, 0.05) is 18.7 Å². The van der Waals surface area contributed by atoms with E-state index in [1.807, 2.05) is 0 Å². The fourth-order valence-electron chi connectivity index (χ4n) is 1.52. The molecule has 0 spiro atoms. The SMILES string of the molecule is COC(=O)c1cc(OCCCO)c(C(=O)OC)cc1N. The summed E-state index contributed by atoms with van der Waals surface area (Å²) in [6, 6.07) is 2.62. The highest BCUT2D eigenvalue weighted by Crippen LogP contribution is 2.27. The van der Waals surface area contributed by atoms with Gasteiger partial charge in [0.05, 0.1) is 26.4 Å². The molecular weight excluding hydrogens is 266 g/mol. The first-order chi connectivity index (χ1) is 9.54. The number of esters is 2. The van der Waals surface area contributed by atoms with Gasteiger partial charge in [-0.25, -0.2) is 9.59 Å². The minimum atomic E-state index is -0.633. The predicted molar refractivity (Wildman–Crippen MR) is 70.7 cm³/mol. The zero-order chi connectivity index (χ0) is 15.1. The number of aliphatic hydroxyl groups is 1. The number of rotatable bonds is 6. The number of methoxy groups -OCH3 is 2. The molecule has 0 unspecified atom stereocenters. The number of nitrogens with two attached hydrogens (primary N) is 1. The molecule has 0 saturated heterocycles. The summed E-state index contributed by atoms with van der Waals surface area (Å²) in [5, 5.41) is 8.73. The van der Waals surface area contributed by atoms with Crippen LogP contribution in [0, 0.1) is 0 Å². The first kappa shape index (κ1) is 15.8. The first-order valence-electron chi connectivity index (χ1n) is 5.89. The van der Waals surface area contributed by atoms with Crippen LogP contribution >= 0.6 is 0 Å². The van der Waals surface area contributed by atoms with Gasteiger partial charge in [-0.1, -0.05) is 0 Å². The lowest BCUT2D eigenvalue weighted by molar-refractivity contribution is 0.0583. The lowest BCUT2D eigenvalue weighted by Crippen LogP contribution is -2.12. The molecule has 0 radical (unpaired) electrons. The van der Waals surface area contributed by atoms with Crippen molar-refractivity contribution in [2.45, 2.75) is 6.42 Å². The van der Waals surface area contributed by atoms with E-state index in [0.29, 0.717) is 6.42 Å². The maximum absolute atomic E-state index is 11.6. The summed E-state index contributed by atoms with van der Waals surface area (Å²) in [4.78, 5) is 23.2. The average Bonchev–Trinajstić information content (AvgIpc) is 2.46. The quantitative estimate of drug-likeness (QED) is 0.447. The van der Waals surface area contributed by atoms with Crippen LogP contribution in [0.1, 0.15) is 27.1 Å². The summed E-state index contributed by atoms with van der Waals surface area (Å²) in [6.45, 7) is 0.136. The Kier molecular flexibility index (Phi) is 5.79. The number of carbonyl (C=O) groups is 2. The second-order valence-electron chi connectivity index (χ2n) is 3.84. The number of aliphatic hydroxyl groups excluding tert-OH is 1. The zero-order valence-corrected chi connectivity index (χ0v) is 11.3. The van der Waals surface area contributed by atoms with Crippen LogP contribution in [0.25, 0.3) is 0 Å². The molecule has 0 amide bonds. The predicted octanol–water partition coefficient (Wildman–Crippen LogP) is 0.603. The van der Waals surface area contributed by atoms with E-state index in [1.165, 1.54) is 26.4 Å². The molecule has 0 fully saturated rings. The van der Waals surface area contributed by atoms with Crippen LogP contribution in [0.3, 0.4) is 0 Å². The molecule has 110 valence electrons. The van der Waals surface area contributed by atoms with Gasteiger partial charge in [-0.05, 0) is 12.1 Å². The monoisotopic (exact) mass is 283 g/mol. The number of hydrogen-bond acceptors (Lipinski definition) is 7. The van der Waals surface area contributed by atoms with Gasteiger partial charge in [0.2, 0.25) is 0 Å². The second-order valence-corrected chi connectivity index (χ2v) is 3.84. The largest absolute Gasteiger partial charge is 0.493 e. The number of ether oxygens (including phenoxy) is 3. The Hall–Kier alpha value is -2.28. The summed E-state index contributed by atoms with van der Waals surface area (Å²) >= 11 is 0. The van der Waals surface area contributed by atoms with Crippen molar-refractivity contribution >= 4 is 17.6 Å². The minimum absolute atomic E-state index is 0.0492. The molecule has 0 aliphatic rings. The number of carbonyl (C=O) groups excluding carboxylic acids is 2. The van der Waals surface area contributed by atoms with E-state index in [2.05, 4.69) is 9.47 Å². The summed E-state index contributed by atoms with van der Waals surface area (Å²) in [5.74, 6) is -1.11. The van der Waals surface area contributed by atoms with Gasteiger partial charge in [-0.2, -0.15) is 0 Å². The van der Waals surface area contributed by atoms with Gasteiger partial charge in [-0.3, -0.25) is 0 Å². The van der Waals surface area contributed by atoms with E-state index in [1.54, 1.807) is 0 Å². The molecule has 7 heteroatoms. The molecule has 0 atom stereocenters. The number of hydrogen-bond donors (Lipinski definition) is 2. The van der Waals surface area contributed by atoms with E-state index in [4.69, 9.17) is 15.6 Å². The number of benzene rings is 1. The van der Waals surface area contributed by atoms with Crippen molar-refractivity contribution in [1.29, 1.82) is 0 Å². The smallest absolute Gasteiger partial charge is 0.341 e. The maximum atomic E-state index is 11.6. The van der Waals surface area contributed by atoms with Gasteiger partial charge in [0.15, 0.2) is 0 Å². The van der Waals surface area contributed by atoms with E-state index in [0.717, 1.165) is 0 Å². The molecule has 0 aliphatic carbocycles. The average molecular weight is 283 g/mol. The van der Waals surface area contributed by atoms with Crippen LogP contribution < -0.4 is 10.5 Å². The molecule has 0 aliphatic heterocycles. The Morgan fingerprint density at radius 3 is 2.30 bits per heavy atom. The van der Waals surface area contributed by atoms with Crippen molar-refractivity contribution in [3.63, 3.8) is 0 Å². The Morgan fingerprint density at radius 1 is 1.15 bits per heavy atom. The number of anilines is 1. The van der Waals surface area contributed by atoms with Crippen molar-refractivity contribution < 1.29 is 28.9 Å². The molecule has 1 rings (SSSR count). The van der Waals surface area contributed by atoms with E-state index >= 15 is 0 Å². The molecule has 0 aromatic heterocycles. The Morgan fingerprint density at radius 2 is 1.75 bits per heavy atom. The topological polar surface area (TPSA) is 108 Å². The van der Waals surface area contributed by atoms with Crippen LogP contribution in [-0.4, -0.2) is 44.5 Å². The van der Waals surface area contributed by atoms with Crippen LogP contribution in [0.5, 0.6) is 5.75 Å². The molecule has 0 saturated carbocycles. The lowest BCUT2D eigenvalue weighted by Gasteiger charge is -2.13. The summed E-state index contributed by atoms with van der Waals surface area (Å²) in [5.41, 5.74) is 6.00. The van der Waals surface area contributed by atoms with E-state index in [9.17, 15) is 9.59 Å². The second kappa shape index (κ2) is 7.34. The summed E-state index contributed by atoms with van der Waals surface area (Å²) in [6.07, 6.45) is 0.387. The molecule has 0 bridgehead atoms. The van der Waals surface area contributed by atoms with Crippen molar-refractivity contribution in [3.8, 4) is 5.75 Å². The normalized spacial score (nSPS) is 9.95. The lowest BCUT2D eigenvalue weighted by atomic mass is 10.1. The fraction of sp³-hybridized carbons (Fsp3) is 0.385. The molecule has 1 aromatic carbocycles. The highest BCUT2D eigenvalue weighted by atomic mass is 16.5. The van der Waals surface area contributed by atoms with Crippen molar-refractivity contribution in [1.82, 2.24) is 0 Å². The van der Waals surface area contributed by atoms with E-state index in [-0.39, 0.29) is 35.8 Å². The Labute approximate surface area is 116 Å². The van der Waals surface area contributed by atoms with E-state index < -0.39 is 11.9 Å². The molecule has 0 heterocycles. The molecule has 20 heavy (non-hydrogen) atoms. The zero-order valence-electron chi connectivity index (χ0n) is 11.3. The maximum Gasteiger partial charge on any atom is 0.341 e. The Bertz CT molecular complexity index is 500. The highest BCUT2D eigenvalue weighted by Gasteiger charge is 2.20. The molecule has 3 N–H and O–H groups in total. The van der Waals surface area contributed by atoms with Crippen LogP contribution in [-0.2, 0) is 9.47 Å². The molecule has 7 nitrogen and oxygen atoms in total. The van der Waals surface area contributed by atoms with Gasteiger partial charge < -0.3 is 25.1 Å². The van der Waals surface area contributed by atoms with Gasteiger partial charge in [-0.15, -0.1) is 0 Å². The van der Waals surface area contributed by atoms with Crippen molar-refractivity contribution in [3.05, 3.63) is 23.3 Å². The Balaban J connectivity index is 3.19.